The first kappa shape index (κ1) is 13.8. The third-order valence-corrected chi connectivity index (χ3v) is 2.07. The summed E-state index contributed by atoms with van der Waals surface area (Å²) in [6.45, 7) is 1.84. The van der Waals surface area contributed by atoms with Crippen LogP contribution in [0.4, 0.5) is 11.4 Å². The van der Waals surface area contributed by atoms with Gasteiger partial charge in [0.15, 0.2) is 5.11 Å². The third-order valence-electron chi connectivity index (χ3n) is 1.96. The number of nitrogens with zero attached hydrogens (tertiary/aromatic N) is 1. The highest BCUT2D eigenvalue weighted by Gasteiger charge is 2.18. The molecule has 0 saturated carbocycles. The minimum atomic E-state index is -0.636. The fourth-order valence-corrected chi connectivity index (χ4v) is 1.37. The minimum Gasteiger partial charge on any atom is -0.462 e. The molecule has 0 spiro atoms. The number of anilines is 1. The molecule has 0 radical (unpaired) electrons. The van der Waals surface area contributed by atoms with Gasteiger partial charge in [0, 0.05) is 6.07 Å². The van der Waals surface area contributed by atoms with E-state index in [1.165, 1.54) is 12.1 Å². The van der Waals surface area contributed by atoms with E-state index in [0.717, 1.165) is 6.07 Å². The summed E-state index contributed by atoms with van der Waals surface area (Å²) >= 11 is 4.60. The first-order chi connectivity index (χ1) is 8.45. The number of thiocarbonyl (C=S) groups is 1. The van der Waals surface area contributed by atoms with E-state index in [0.29, 0.717) is 0 Å². The number of nitro benzene ring substituents is 1. The maximum Gasteiger partial charge on any atom is 0.338 e. The van der Waals surface area contributed by atoms with Gasteiger partial charge >= 0.3 is 5.97 Å². The molecule has 0 amide bonds. The number of nitro groups is 1. The average molecular weight is 269 g/mol. The van der Waals surface area contributed by atoms with Crippen LogP contribution in [0.15, 0.2) is 18.2 Å². The average Bonchev–Trinajstić information content (AvgIpc) is 2.28. The van der Waals surface area contributed by atoms with Crippen LogP contribution in [0.5, 0.6) is 0 Å². The number of ether oxygens (including phenoxy) is 1. The Labute approximate surface area is 108 Å². The topological polar surface area (TPSA) is 107 Å². The van der Waals surface area contributed by atoms with Crippen molar-refractivity contribution in [2.75, 3.05) is 11.9 Å². The molecule has 1 rings (SSSR count). The van der Waals surface area contributed by atoms with Crippen molar-refractivity contribution >= 4 is 34.7 Å². The van der Waals surface area contributed by atoms with E-state index in [1.807, 2.05) is 0 Å². The van der Waals surface area contributed by atoms with Gasteiger partial charge in [-0.15, -0.1) is 0 Å². The quantitative estimate of drug-likeness (QED) is 0.368. The Morgan fingerprint density at radius 2 is 2.28 bits per heavy atom. The highest BCUT2D eigenvalue weighted by Crippen LogP contribution is 2.25. The Bertz CT molecular complexity index is 504. The van der Waals surface area contributed by atoms with Gasteiger partial charge in [-0.25, -0.2) is 4.79 Å². The van der Waals surface area contributed by atoms with Gasteiger partial charge in [0.25, 0.3) is 5.69 Å². The van der Waals surface area contributed by atoms with Crippen LogP contribution in [-0.4, -0.2) is 22.6 Å². The number of rotatable bonds is 4. The summed E-state index contributed by atoms with van der Waals surface area (Å²) in [6, 6.07) is 3.85. The van der Waals surface area contributed by atoms with E-state index in [2.05, 4.69) is 17.5 Å². The molecule has 0 heterocycles. The van der Waals surface area contributed by atoms with E-state index < -0.39 is 10.9 Å². The molecule has 7 nitrogen and oxygen atoms in total. The molecule has 0 atom stereocenters. The molecule has 8 heteroatoms. The molecule has 1 aromatic carbocycles. The Balaban J connectivity index is 3.14. The summed E-state index contributed by atoms with van der Waals surface area (Å²) in [7, 11) is 0. The maximum absolute atomic E-state index is 11.4. The van der Waals surface area contributed by atoms with E-state index in [-0.39, 0.29) is 28.7 Å². The zero-order valence-electron chi connectivity index (χ0n) is 9.50. The standard InChI is InChI=1S/C10H11N3O4S/c1-2-17-9(14)6-3-4-7(12-10(11)18)8(5-6)13(15)16/h3-5H,2H2,1H3,(H3,11,12,18). The van der Waals surface area contributed by atoms with Crippen LogP contribution in [0.2, 0.25) is 0 Å². The van der Waals surface area contributed by atoms with Crippen LogP contribution < -0.4 is 11.1 Å². The summed E-state index contributed by atoms with van der Waals surface area (Å²) in [5.41, 5.74) is 5.17. The third kappa shape index (κ3) is 3.39. The Morgan fingerprint density at radius 3 is 2.78 bits per heavy atom. The highest BCUT2D eigenvalue weighted by molar-refractivity contribution is 7.80. The smallest absolute Gasteiger partial charge is 0.338 e. The van der Waals surface area contributed by atoms with Crippen LogP contribution in [0.1, 0.15) is 17.3 Å². The Hall–Kier alpha value is -2.22. The summed E-state index contributed by atoms with van der Waals surface area (Å²) in [6.07, 6.45) is 0. The summed E-state index contributed by atoms with van der Waals surface area (Å²) < 4.78 is 4.75. The first-order valence-corrected chi connectivity index (χ1v) is 5.38. The molecule has 0 aliphatic carbocycles. The number of esters is 1. The second kappa shape index (κ2) is 5.92. The summed E-state index contributed by atoms with van der Waals surface area (Å²) in [4.78, 5) is 21.7. The number of carbonyl (C=O) groups is 1. The molecule has 3 N–H and O–H groups in total. The largest absolute Gasteiger partial charge is 0.462 e. The van der Waals surface area contributed by atoms with Gasteiger partial charge < -0.3 is 15.8 Å². The molecule has 0 fully saturated rings. The zero-order valence-corrected chi connectivity index (χ0v) is 10.3. The van der Waals surface area contributed by atoms with E-state index in [9.17, 15) is 14.9 Å². The molecule has 0 aliphatic rings. The van der Waals surface area contributed by atoms with Crippen molar-refractivity contribution in [3.8, 4) is 0 Å². The molecule has 18 heavy (non-hydrogen) atoms. The molecular formula is C10H11N3O4S. The first-order valence-electron chi connectivity index (χ1n) is 4.97. The number of nitrogens with two attached hydrogens (primary N) is 1. The fraction of sp³-hybridized carbons (Fsp3) is 0.200. The van der Waals surface area contributed by atoms with Gasteiger partial charge in [0.2, 0.25) is 0 Å². The lowest BCUT2D eigenvalue weighted by Gasteiger charge is -2.06. The number of hydrogen-bond donors (Lipinski definition) is 2. The van der Waals surface area contributed by atoms with E-state index >= 15 is 0 Å². The predicted octanol–water partition coefficient (Wildman–Crippen LogP) is 1.43. The van der Waals surface area contributed by atoms with Crippen LogP contribution in [0.25, 0.3) is 0 Å². The SMILES string of the molecule is CCOC(=O)c1ccc(NC(N)=S)c([N+](=O)[O-])c1. The van der Waals surface area contributed by atoms with Crippen LogP contribution in [0, 0.1) is 10.1 Å². The predicted molar refractivity (Wildman–Crippen MR) is 69.5 cm³/mol. The normalized spacial score (nSPS) is 9.61. The fourth-order valence-electron chi connectivity index (χ4n) is 1.26. The second-order valence-electron chi connectivity index (χ2n) is 3.20. The summed E-state index contributed by atoms with van der Waals surface area (Å²) in [5, 5.41) is 13.2. The molecular weight excluding hydrogens is 258 g/mol. The van der Waals surface area contributed by atoms with E-state index in [4.69, 9.17) is 10.5 Å². The number of nitrogens with one attached hydrogen (secondary N) is 1. The second-order valence-corrected chi connectivity index (χ2v) is 3.64. The van der Waals surface area contributed by atoms with Crippen molar-refractivity contribution in [3.63, 3.8) is 0 Å². The van der Waals surface area contributed by atoms with Crippen molar-refractivity contribution in [1.82, 2.24) is 0 Å². The van der Waals surface area contributed by atoms with Gasteiger partial charge in [-0.1, -0.05) is 0 Å². The number of benzene rings is 1. The molecule has 0 saturated heterocycles. The van der Waals surface area contributed by atoms with Crippen molar-refractivity contribution < 1.29 is 14.5 Å². The van der Waals surface area contributed by atoms with Crippen LogP contribution in [0.3, 0.4) is 0 Å². The van der Waals surface area contributed by atoms with Crippen LogP contribution >= 0.6 is 12.2 Å². The van der Waals surface area contributed by atoms with Gasteiger partial charge in [0.05, 0.1) is 17.1 Å². The zero-order chi connectivity index (χ0) is 13.7. The van der Waals surface area contributed by atoms with Crippen molar-refractivity contribution in [1.29, 1.82) is 0 Å². The van der Waals surface area contributed by atoms with Crippen LogP contribution in [-0.2, 0) is 4.74 Å². The number of carbonyl (C=O) groups excluding carboxylic acids is 1. The van der Waals surface area contributed by atoms with Gasteiger partial charge in [-0.3, -0.25) is 10.1 Å². The maximum atomic E-state index is 11.4. The van der Waals surface area contributed by atoms with Crippen molar-refractivity contribution in [2.24, 2.45) is 5.73 Å². The van der Waals surface area contributed by atoms with Crippen molar-refractivity contribution in [3.05, 3.63) is 33.9 Å². The van der Waals surface area contributed by atoms with Gasteiger partial charge in [-0.2, -0.15) is 0 Å². The van der Waals surface area contributed by atoms with Crippen molar-refractivity contribution in [2.45, 2.75) is 6.92 Å². The molecule has 0 aliphatic heterocycles. The lowest BCUT2D eigenvalue weighted by Crippen LogP contribution is -2.19. The highest BCUT2D eigenvalue weighted by atomic mass is 32.1. The Kier molecular flexibility index (Phi) is 4.55. The lowest BCUT2D eigenvalue weighted by atomic mass is 10.1. The molecule has 0 unspecified atom stereocenters. The van der Waals surface area contributed by atoms with Gasteiger partial charge in [-0.05, 0) is 31.3 Å². The van der Waals surface area contributed by atoms with Gasteiger partial charge in [0.1, 0.15) is 5.69 Å². The minimum absolute atomic E-state index is 0.0945. The molecule has 0 aromatic heterocycles. The monoisotopic (exact) mass is 269 g/mol. The molecule has 0 bridgehead atoms. The Morgan fingerprint density at radius 1 is 1.61 bits per heavy atom. The van der Waals surface area contributed by atoms with E-state index in [1.54, 1.807) is 6.92 Å². The summed E-state index contributed by atoms with van der Waals surface area (Å²) in [5.74, 6) is -0.623. The number of hydrogen-bond acceptors (Lipinski definition) is 5. The molecule has 1 aromatic rings. The lowest BCUT2D eigenvalue weighted by molar-refractivity contribution is -0.383. The molecule has 96 valence electrons.